The van der Waals surface area contributed by atoms with E-state index in [1.165, 1.54) is 0 Å². The van der Waals surface area contributed by atoms with E-state index in [0.717, 1.165) is 16.5 Å². The molecule has 0 aliphatic rings. The van der Waals surface area contributed by atoms with Crippen molar-refractivity contribution in [2.45, 2.75) is 13.0 Å². The van der Waals surface area contributed by atoms with Crippen LogP contribution in [0.5, 0.6) is 5.75 Å². The van der Waals surface area contributed by atoms with E-state index in [-0.39, 0.29) is 17.2 Å². The second-order valence-electron chi connectivity index (χ2n) is 7.36. The van der Waals surface area contributed by atoms with Crippen molar-refractivity contribution in [3.8, 4) is 5.75 Å². The summed E-state index contributed by atoms with van der Waals surface area (Å²) in [6, 6.07) is 25.2. The fourth-order valence-corrected chi connectivity index (χ4v) is 3.50. The molecule has 5 nitrogen and oxygen atoms in total. The number of hydrogen-bond donors (Lipinski definition) is 3. The average molecular weight is 411 g/mol. The number of phenols is 1. The van der Waals surface area contributed by atoms with E-state index in [2.05, 4.69) is 5.32 Å². The summed E-state index contributed by atoms with van der Waals surface area (Å²) >= 11 is 0. The van der Waals surface area contributed by atoms with E-state index in [0.29, 0.717) is 29.5 Å². The first-order valence-corrected chi connectivity index (χ1v) is 9.90. The summed E-state index contributed by atoms with van der Waals surface area (Å²) in [6.07, 6.45) is 0.450. The number of amides is 1. The van der Waals surface area contributed by atoms with E-state index in [1.54, 1.807) is 36.4 Å². The average Bonchev–Trinajstić information content (AvgIpc) is 2.80. The van der Waals surface area contributed by atoms with Crippen molar-refractivity contribution in [1.29, 1.82) is 0 Å². The number of benzene rings is 4. The number of carboxylic acids is 1. The number of rotatable bonds is 6. The van der Waals surface area contributed by atoms with Crippen LogP contribution >= 0.6 is 0 Å². The van der Waals surface area contributed by atoms with Gasteiger partial charge < -0.3 is 15.5 Å². The summed E-state index contributed by atoms with van der Waals surface area (Å²) in [5.74, 6) is -1.06. The number of aromatic hydroxyl groups is 1. The zero-order valence-corrected chi connectivity index (χ0v) is 16.7. The molecule has 1 amide bonds. The van der Waals surface area contributed by atoms with Gasteiger partial charge in [-0.2, -0.15) is 0 Å². The van der Waals surface area contributed by atoms with Gasteiger partial charge in [0.2, 0.25) is 0 Å². The number of carboxylic acid groups (broad SMARTS) is 1. The maximum absolute atomic E-state index is 12.6. The lowest BCUT2D eigenvalue weighted by Crippen LogP contribution is -2.22. The first-order chi connectivity index (χ1) is 15.0. The van der Waals surface area contributed by atoms with Gasteiger partial charge in [0.05, 0.1) is 5.56 Å². The SMILES string of the molecule is O=C(O)c1ccc(Cc2ccc3ccc(C(=O)NCc4ccccc4)cc3c2O)cc1. The molecule has 0 saturated heterocycles. The molecule has 0 spiro atoms. The third-order valence-corrected chi connectivity index (χ3v) is 5.23. The van der Waals surface area contributed by atoms with Gasteiger partial charge in [0, 0.05) is 23.9 Å². The Hall–Kier alpha value is -4.12. The van der Waals surface area contributed by atoms with Gasteiger partial charge in [-0.1, -0.05) is 60.7 Å². The van der Waals surface area contributed by atoms with Gasteiger partial charge in [0.15, 0.2) is 0 Å². The fraction of sp³-hybridized carbons (Fsp3) is 0.0769. The zero-order valence-electron chi connectivity index (χ0n) is 16.7. The molecule has 5 heteroatoms. The quantitative estimate of drug-likeness (QED) is 0.427. The molecule has 31 heavy (non-hydrogen) atoms. The molecule has 0 fully saturated rings. The van der Waals surface area contributed by atoms with Crippen molar-refractivity contribution in [3.05, 3.63) is 113 Å². The summed E-state index contributed by atoms with van der Waals surface area (Å²) in [6.45, 7) is 0.427. The van der Waals surface area contributed by atoms with Crippen LogP contribution in [0.2, 0.25) is 0 Å². The van der Waals surface area contributed by atoms with Crippen molar-refractivity contribution < 1.29 is 19.8 Å². The maximum atomic E-state index is 12.6. The highest BCUT2D eigenvalue weighted by atomic mass is 16.4. The Morgan fingerprint density at radius 1 is 0.774 bits per heavy atom. The number of phenolic OH excluding ortho intramolecular Hbond substituents is 1. The Morgan fingerprint density at radius 2 is 1.45 bits per heavy atom. The Bertz CT molecular complexity index is 1250. The van der Waals surface area contributed by atoms with Crippen molar-refractivity contribution in [3.63, 3.8) is 0 Å². The lowest BCUT2D eigenvalue weighted by Gasteiger charge is -2.11. The second-order valence-corrected chi connectivity index (χ2v) is 7.36. The molecule has 0 aliphatic heterocycles. The molecule has 4 aromatic rings. The van der Waals surface area contributed by atoms with Crippen LogP contribution in [0.4, 0.5) is 0 Å². The minimum atomic E-state index is -0.974. The van der Waals surface area contributed by atoms with Crippen molar-refractivity contribution in [2.75, 3.05) is 0 Å². The highest BCUT2D eigenvalue weighted by Crippen LogP contribution is 2.31. The molecule has 4 rings (SSSR count). The minimum Gasteiger partial charge on any atom is -0.507 e. The number of carbonyl (C=O) groups is 2. The van der Waals surface area contributed by atoms with E-state index in [9.17, 15) is 14.7 Å². The lowest BCUT2D eigenvalue weighted by molar-refractivity contribution is 0.0696. The van der Waals surface area contributed by atoms with E-state index in [4.69, 9.17) is 5.11 Å². The molecule has 3 N–H and O–H groups in total. The number of nitrogens with one attached hydrogen (secondary N) is 1. The number of carbonyl (C=O) groups excluding carboxylic acids is 1. The van der Waals surface area contributed by atoms with E-state index in [1.807, 2.05) is 48.5 Å². The molecule has 0 radical (unpaired) electrons. The van der Waals surface area contributed by atoms with Crippen LogP contribution in [0.3, 0.4) is 0 Å². The smallest absolute Gasteiger partial charge is 0.335 e. The Labute approximate surface area is 179 Å². The number of hydrogen-bond acceptors (Lipinski definition) is 3. The van der Waals surface area contributed by atoms with Crippen LogP contribution in [-0.4, -0.2) is 22.1 Å². The Balaban J connectivity index is 1.56. The predicted octanol–water partition coefficient (Wildman–Crippen LogP) is 4.76. The Morgan fingerprint density at radius 3 is 2.16 bits per heavy atom. The van der Waals surface area contributed by atoms with Gasteiger partial charge in [0.25, 0.3) is 5.91 Å². The highest BCUT2D eigenvalue weighted by Gasteiger charge is 2.12. The number of aromatic carboxylic acids is 1. The number of fused-ring (bicyclic) bond motifs is 1. The van der Waals surface area contributed by atoms with Gasteiger partial charge in [0.1, 0.15) is 5.75 Å². The molecule has 0 unspecified atom stereocenters. The van der Waals surface area contributed by atoms with Crippen LogP contribution in [-0.2, 0) is 13.0 Å². The van der Waals surface area contributed by atoms with E-state index < -0.39 is 5.97 Å². The third-order valence-electron chi connectivity index (χ3n) is 5.23. The molecule has 0 saturated carbocycles. The van der Waals surface area contributed by atoms with Gasteiger partial charge in [-0.05, 0) is 46.3 Å². The van der Waals surface area contributed by atoms with Gasteiger partial charge in [-0.25, -0.2) is 4.79 Å². The van der Waals surface area contributed by atoms with Crippen LogP contribution in [0, 0.1) is 0 Å². The van der Waals surface area contributed by atoms with Crippen molar-refractivity contribution >= 4 is 22.6 Å². The van der Waals surface area contributed by atoms with Gasteiger partial charge in [-0.15, -0.1) is 0 Å². The maximum Gasteiger partial charge on any atom is 0.335 e. The molecule has 154 valence electrons. The molecular weight excluding hydrogens is 390 g/mol. The van der Waals surface area contributed by atoms with Crippen molar-refractivity contribution in [1.82, 2.24) is 5.32 Å². The Kier molecular flexibility index (Phi) is 5.67. The zero-order chi connectivity index (χ0) is 21.8. The highest BCUT2D eigenvalue weighted by molar-refractivity contribution is 6.00. The first-order valence-electron chi connectivity index (χ1n) is 9.90. The van der Waals surface area contributed by atoms with Crippen LogP contribution in [0.1, 0.15) is 37.4 Å². The lowest BCUT2D eigenvalue weighted by atomic mass is 9.98. The summed E-state index contributed by atoms with van der Waals surface area (Å²) in [5.41, 5.74) is 3.30. The standard InChI is InChI=1S/C26H21NO4/c28-24-21(14-17-6-8-20(9-7-17)26(30)31)12-10-19-11-13-22(15-23(19)24)25(29)27-16-18-4-2-1-3-5-18/h1-13,15,28H,14,16H2,(H,27,29)(H,30,31). The van der Waals surface area contributed by atoms with Crippen LogP contribution in [0.25, 0.3) is 10.8 Å². The van der Waals surface area contributed by atoms with Gasteiger partial charge >= 0.3 is 5.97 Å². The van der Waals surface area contributed by atoms with Crippen molar-refractivity contribution in [2.24, 2.45) is 0 Å². The molecule has 0 atom stereocenters. The monoisotopic (exact) mass is 411 g/mol. The minimum absolute atomic E-state index is 0.123. The van der Waals surface area contributed by atoms with Crippen LogP contribution in [0.15, 0.2) is 84.9 Å². The predicted molar refractivity (Wildman–Crippen MR) is 119 cm³/mol. The molecule has 4 aromatic carbocycles. The molecule has 0 aromatic heterocycles. The van der Waals surface area contributed by atoms with Crippen LogP contribution < -0.4 is 5.32 Å². The molecular formula is C26H21NO4. The summed E-state index contributed by atoms with van der Waals surface area (Å²) in [4.78, 5) is 23.6. The second kappa shape index (κ2) is 8.71. The van der Waals surface area contributed by atoms with E-state index >= 15 is 0 Å². The molecule has 0 aliphatic carbocycles. The summed E-state index contributed by atoms with van der Waals surface area (Å²) < 4.78 is 0. The largest absolute Gasteiger partial charge is 0.507 e. The van der Waals surface area contributed by atoms with Gasteiger partial charge in [-0.3, -0.25) is 4.79 Å². The summed E-state index contributed by atoms with van der Waals surface area (Å²) in [5, 5.41) is 24.2. The summed E-state index contributed by atoms with van der Waals surface area (Å²) in [7, 11) is 0. The molecule has 0 heterocycles. The third kappa shape index (κ3) is 4.56. The fourth-order valence-electron chi connectivity index (χ4n) is 3.50. The molecule has 0 bridgehead atoms. The normalized spacial score (nSPS) is 10.7. The topological polar surface area (TPSA) is 86.6 Å². The first kappa shape index (κ1) is 20.2.